The van der Waals surface area contributed by atoms with Crippen LogP contribution in [0.15, 0.2) is 22.9 Å². The predicted octanol–water partition coefficient (Wildman–Crippen LogP) is 2.55. The van der Waals surface area contributed by atoms with Crippen molar-refractivity contribution in [2.75, 3.05) is 12.8 Å². The normalized spacial score (nSPS) is 10.4. The van der Waals surface area contributed by atoms with Crippen molar-refractivity contribution < 1.29 is 9.26 Å². The molecule has 0 fully saturated rings. The molecule has 4 nitrogen and oxygen atoms in total. The third kappa shape index (κ3) is 1.52. The molecule has 4 heteroatoms. The Hall–Kier alpha value is -1.97. The number of nitrogens with zero attached hydrogens (tertiary/aromatic N) is 1. The Morgan fingerprint density at radius 1 is 1.31 bits per heavy atom. The van der Waals surface area contributed by atoms with Gasteiger partial charge in [0, 0.05) is 5.56 Å². The van der Waals surface area contributed by atoms with Crippen molar-refractivity contribution in [1.29, 1.82) is 0 Å². The van der Waals surface area contributed by atoms with E-state index in [1.165, 1.54) is 5.56 Å². The summed E-state index contributed by atoms with van der Waals surface area (Å²) >= 11 is 0. The van der Waals surface area contributed by atoms with Gasteiger partial charge in [0.2, 0.25) is 5.88 Å². The molecule has 2 rings (SSSR count). The molecule has 0 spiro atoms. The summed E-state index contributed by atoms with van der Waals surface area (Å²) in [5, 5.41) is 3.69. The maximum absolute atomic E-state index is 5.73. The Bertz CT molecular complexity index is 518. The minimum absolute atomic E-state index is 0.312. The van der Waals surface area contributed by atoms with E-state index in [-0.39, 0.29) is 0 Å². The number of nitrogen functional groups attached to an aromatic ring is 1. The molecule has 0 amide bonds. The number of benzene rings is 1. The molecule has 1 aromatic carbocycles. The van der Waals surface area contributed by atoms with Gasteiger partial charge in [0.25, 0.3) is 0 Å². The smallest absolute Gasteiger partial charge is 0.230 e. The number of hydrogen-bond donors (Lipinski definition) is 1. The summed E-state index contributed by atoms with van der Waals surface area (Å²) in [5.74, 6) is 1.09. The van der Waals surface area contributed by atoms with Gasteiger partial charge in [-0.3, -0.25) is 0 Å². The molecular weight excluding hydrogens is 204 g/mol. The number of aryl methyl sites for hydroxylation is 1. The molecule has 0 unspecified atom stereocenters. The van der Waals surface area contributed by atoms with Crippen LogP contribution in [0.2, 0.25) is 0 Å². The van der Waals surface area contributed by atoms with E-state index in [4.69, 9.17) is 15.0 Å². The van der Waals surface area contributed by atoms with Crippen LogP contribution in [0.5, 0.6) is 5.75 Å². The second-order valence-electron chi connectivity index (χ2n) is 3.69. The molecule has 0 saturated carbocycles. The minimum Gasteiger partial charge on any atom is -0.496 e. The van der Waals surface area contributed by atoms with Gasteiger partial charge in [0.15, 0.2) is 0 Å². The fourth-order valence-corrected chi connectivity index (χ4v) is 1.73. The van der Waals surface area contributed by atoms with E-state index in [1.54, 1.807) is 13.3 Å². The van der Waals surface area contributed by atoms with Gasteiger partial charge < -0.3 is 15.0 Å². The molecular formula is C12H14N2O2. The molecule has 1 aromatic heterocycles. The number of methoxy groups -OCH3 is 1. The van der Waals surface area contributed by atoms with Crippen LogP contribution in [0.25, 0.3) is 11.1 Å². The Labute approximate surface area is 94.0 Å². The molecule has 0 atom stereocenters. The quantitative estimate of drug-likeness (QED) is 0.841. The Kier molecular flexibility index (Phi) is 2.56. The maximum Gasteiger partial charge on any atom is 0.230 e. The monoisotopic (exact) mass is 218 g/mol. The number of anilines is 1. The van der Waals surface area contributed by atoms with Gasteiger partial charge in [-0.2, -0.15) is 0 Å². The zero-order chi connectivity index (χ0) is 11.7. The topological polar surface area (TPSA) is 61.3 Å². The lowest BCUT2D eigenvalue weighted by Gasteiger charge is -2.12. The molecule has 2 N–H and O–H groups in total. The highest BCUT2D eigenvalue weighted by Crippen LogP contribution is 2.37. The zero-order valence-electron chi connectivity index (χ0n) is 9.57. The highest BCUT2D eigenvalue weighted by molar-refractivity contribution is 5.80. The standard InChI is InChI=1S/C12H14N2O2/c1-7-4-5-10(15-3)11(8(7)2)9-6-14-16-12(9)13/h4-6H,13H2,1-3H3. The molecule has 0 aliphatic carbocycles. The summed E-state index contributed by atoms with van der Waals surface area (Å²) in [5.41, 5.74) is 9.75. The van der Waals surface area contributed by atoms with Crippen LogP contribution >= 0.6 is 0 Å². The van der Waals surface area contributed by atoms with E-state index in [2.05, 4.69) is 5.16 Å². The van der Waals surface area contributed by atoms with Gasteiger partial charge in [-0.25, -0.2) is 0 Å². The summed E-state index contributed by atoms with van der Waals surface area (Å²) in [4.78, 5) is 0. The largest absolute Gasteiger partial charge is 0.496 e. The highest BCUT2D eigenvalue weighted by Gasteiger charge is 2.16. The van der Waals surface area contributed by atoms with Gasteiger partial charge in [-0.1, -0.05) is 11.2 Å². The lowest BCUT2D eigenvalue weighted by atomic mass is 9.97. The zero-order valence-corrected chi connectivity index (χ0v) is 9.57. The summed E-state index contributed by atoms with van der Waals surface area (Å²) < 4.78 is 10.2. The van der Waals surface area contributed by atoms with Crippen molar-refractivity contribution in [3.05, 3.63) is 29.5 Å². The van der Waals surface area contributed by atoms with Crippen molar-refractivity contribution in [3.8, 4) is 16.9 Å². The first-order chi connectivity index (χ1) is 7.65. The van der Waals surface area contributed by atoms with Crippen LogP contribution in [0.3, 0.4) is 0 Å². The number of ether oxygens (including phenoxy) is 1. The van der Waals surface area contributed by atoms with Crippen molar-refractivity contribution in [3.63, 3.8) is 0 Å². The molecule has 0 bridgehead atoms. The van der Waals surface area contributed by atoms with Gasteiger partial charge in [0.05, 0.1) is 18.9 Å². The Morgan fingerprint density at radius 2 is 2.06 bits per heavy atom. The van der Waals surface area contributed by atoms with Crippen molar-refractivity contribution in [2.24, 2.45) is 0 Å². The van der Waals surface area contributed by atoms with Crippen LogP contribution in [0.1, 0.15) is 11.1 Å². The van der Waals surface area contributed by atoms with Gasteiger partial charge in [0.1, 0.15) is 5.75 Å². The van der Waals surface area contributed by atoms with Crippen LogP contribution < -0.4 is 10.5 Å². The van der Waals surface area contributed by atoms with Crippen LogP contribution in [0.4, 0.5) is 5.88 Å². The number of nitrogens with two attached hydrogens (primary N) is 1. The average Bonchev–Trinajstić information content (AvgIpc) is 2.68. The van der Waals surface area contributed by atoms with Gasteiger partial charge >= 0.3 is 0 Å². The highest BCUT2D eigenvalue weighted by atomic mass is 16.5. The van der Waals surface area contributed by atoms with E-state index < -0.39 is 0 Å². The molecule has 2 aromatic rings. The van der Waals surface area contributed by atoms with E-state index in [0.717, 1.165) is 22.4 Å². The summed E-state index contributed by atoms with van der Waals surface area (Å²) in [7, 11) is 1.64. The van der Waals surface area contributed by atoms with Crippen LogP contribution in [0, 0.1) is 13.8 Å². The predicted molar refractivity (Wildman–Crippen MR) is 62.4 cm³/mol. The number of aromatic nitrogens is 1. The van der Waals surface area contributed by atoms with Crippen molar-refractivity contribution >= 4 is 5.88 Å². The minimum atomic E-state index is 0.312. The summed E-state index contributed by atoms with van der Waals surface area (Å²) in [6.07, 6.45) is 1.61. The lowest BCUT2D eigenvalue weighted by molar-refractivity contribution is 0.416. The first-order valence-corrected chi connectivity index (χ1v) is 5.00. The van der Waals surface area contributed by atoms with Crippen LogP contribution in [-0.4, -0.2) is 12.3 Å². The molecule has 16 heavy (non-hydrogen) atoms. The second-order valence-corrected chi connectivity index (χ2v) is 3.69. The van der Waals surface area contributed by atoms with Crippen LogP contribution in [-0.2, 0) is 0 Å². The average molecular weight is 218 g/mol. The Morgan fingerprint density at radius 3 is 2.62 bits per heavy atom. The van der Waals surface area contributed by atoms with Crippen molar-refractivity contribution in [1.82, 2.24) is 5.16 Å². The number of rotatable bonds is 2. The van der Waals surface area contributed by atoms with E-state index >= 15 is 0 Å². The third-order valence-electron chi connectivity index (χ3n) is 2.79. The van der Waals surface area contributed by atoms with Gasteiger partial charge in [-0.05, 0) is 31.0 Å². The lowest BCUT2D eigenvalue weighted by Crippen LogP contribution is -1.94. The second kappa shape index (κ2) is 3.89. The van der Waals surface area contributed by atoms with E-state index in [1.807, 2.05) is 26.0 Å². The number of hydrogen-bond acceptors (Lipinski definition) is 4. The van der Waals surface area contributed by atoms with E-state index in [0.29, 0.717) is 5.88 Å². The maximum atomic E-state index is 5.73. The van der Waals surface area contributed by atoms with Crippen molar-refractivity contribution in [2.45, 2.75) is 13.8 Å². The fourth-order valence-electron chi connectivity index (χ4n) is 1.73. The molecule has 84 valence electrons. The molecule has 0 aliphatic heterocycles. The Balaban J connectivity index is 2.72. The fraction of sp³-hybridized carbons (Fsp3) is 0.250. The molecule has 1 heterocycles. The third-order valence-corrected chi connectivity index (χ3v) is 2.79. The van der Waals surface area contributed by atoms with E-state index in [9.17, 15) is 0 Å². The first-order valence-electron chi connectivity index (χ1n) is 5.00. The first kappa shape index (κ1) is 10.5. The molecule has 0 aliphatic rings. The molecule has 0 radical (unpaired) electrons. The summed E-state index contributed by atoms with van der Waals surface area (Å²) in [6.45, 7) is 4.07. The van der Waals surface area contributed by atoms with Gasteiger partial charge in [-0.15, -0.1) is 0 Å². The molecule has 0 saturated heterocycles. The summed E-state index contributed by atoms with van der Waals surface area (Å²) in [6, 6.07) is 3.94. The SMILES string of the molecule is COc1ccc(C)c(C)c1-c1cnoc1N.